The van der Waals surface area contributed by atoms with Crippen LogP contribution in [-0.4, -0.2) is 37.5 Å². The number of nitrogens with zero attached hydrogens (tertiary/aromatic N) is 1. The number of hydrogen-bond donors (Lipinski definition) is 2. The number of aliphatic hydroxyl groups is 1. The van der Waals surface area contributed by atoms with Gasteiger partial charge in [-0.1, -0.05) is 6.07 Å². The number of anilines is 1. The molecule has 1 aliphatic carbocycles. The van der Waals surface area contributed by atoms with E-state index in [4.69, 9.17) is 14.5 Å². The minimum atomic E-state index is -0.150. The highest BCUT2D eigenvalue weighted by atomic mass is 16.5. The van der Waals surface area contributed by atoms with E-state index < -0.39 is 0 Å². The number of benzene rings is 1. The zero-order valence-corrected chi connectivity index (χ0v) is 12.5. The number of ether oxygens (including phenoxy) is 2. The zero-order valence-electron chi connectivity index (χ0n) is 12.5. The topological polar surface area (TPSA) is 63.1 Å². The SMILES string of the molecule is COC1=NC(C2CCC(O)CC2)Nc2cccc(OC)c21. The summed E-state index contributed by atoms with van der Waals surface area (Å²) in [6.07, 6.45) is 3.53. The molecule has 1 aliphatic heterocycles. The number of aliphatic hydroxyl groups excluding tert-OH is 1. The molecule has 1 saturated carbocycles. The maximum absolute atomic E-state index is 9.65. The molecule has 21 heavy (non-hydrogen) atoms. The largest absolute Gasteiger partial charge is 0.496 e. The molecule has 1 aromatic rings. The van der Waals surface area contributed by atoms with Gasteiger partial charge in [-0.05, 0) is 43.7 Å². The molecular weight excluding hydrogens is 268 g/mol. The molecular formula is C16H22N2O3. The number of hydrogen-bond acceptors (Lipinski definition) is 5. The quantitative estimate of drug-likeness (QED) is 0.878. The molecule has 5 heteroatoms. The highest BCUT2D eigenvalue weighted by Gasteiger charge is 2.31. The van der Waals surface area contributed by atoms with E-state index in [1.807, 2.05) is 18.2 Å². The fraction of sp³-hybridized carbons (Fsp3) is 0.562. The van der Waals surface area contributed by atoms with Crippen LogP contribution in [-0.2, 0) is 4.74 Å². The van der Waals surface area contributed by atoms with Crippen LogP contribution in [0.1, 0.15) is 31.2 Å². The van der Waals surface area contributed by atoms with Crippen molar-refractivity contribution in [2.45, 2.75) is 38.0 Å². The molecule has 5 nitrogen and oxygen atoms in total. The molecule has 0 bridgehead atoms. The van der Waals surface area contributed by atoms with E-state index in [1.54, 1.807) is 14.2 Å². The van der Waals surface area contributed by atoms with E-state index in [2.05, 4.69) is 5.32 Å². The third kappa shape index (κ3) is 2.70. The molecule has 1 unspecified atom stereocenters. The Balaban J connectivity index is 1.88. The van der Waals surface area contributed by atoms with Crippen LogP contribution in [0.25, 0.3) is 0 Å². The van der Waals surface area contributed by atoms with E-state index in [1.165, 1.54) is 0 Å². The van der Waals surface area contributed by atoms with E-state index in [-0.39, 0.29) is 12.3 Å². The van der Waals surface area contributed by atoms with Crippen molar-refractivity contribution < 1.29 is 14.6 Å². The van der Waals surface area contributed by atoms with Crippen LogP contribution in [0.5, 0.6) is 5.75 Å². The molecule has 0 saturated heterocycles. The third-order valence-corrected chi connectivity index (χ3v) is 4.40. The van der Waals surface area contributed by atoms with Crippen LogP contribution in [0, 0.1) is 5.92 Å². The molecule has 1 atom stereocenters. The van der Waals surface area contributed by atoms with Gasteiger partial charge in [0.15, 0.2) is 0 Å². The first-order chi connectivity index (χ1) is 10.2. The maximum Gasteiger partial charge on any atom is 0.223 e. The van der Waals surface area contributed by atoms with Crippen molar-refractivity contribution in [2.24, 2.45) is 10.9 Å². The minimum Gasteiger partial charge on any atom is -0.496 e. The molecule has 0 radical (unpaired) electrons. The van der Waals surface area contributed by atoms with Crippen molar-refractivity contribution in [2.75, 3.05) is 19.5 Å². The normalized spacial score (nSPS) is 28.1. The highest BCUT2D eigenvalue weighted by Crippen LogP contribution is 2.36. The number of aliphatic imine (C=N–C) groups is 1. The van der Waals surface area contributed by atoms with E-state index in [0.717, 1.165) is 42.7 Å². The van der Waals surface area contributed by atoms with Crippen molar-refractivity contribution in [3.8, 4) is 5.75 Å². The molecule has 114 valence electrons. The van der Waals surface area contributed by atoms with Gasteiger partial charge in [-0.3, -0.25) is 0 Å². The Morgan fingerprint density at radius 1 is 1.14 bits per heavy atom. The lowest BCUT2D eigenvalue weighted by molar-refractivity contribution is 0.104. The lowest BCUT2D eigenvalue weighted by Gasteiger charge is -2.34. The monoisotopic (exact) mass is 290 g/mol. The first-order valence-electron chi connectivity index (χ1n) is 7.46. The van der Waals surface area contributed by atoms with Gasteiger partial charge < -0.3 is 19.9 Å². The Morgan fingerprint density at radius 2 is 1.90 bits per heavy atom. The summed E-state index contributed by atoms with van der Waals surface area (Å²) in [5.74, 6) is 1.81. The van der Waals surface area contributed by atoms with Gasteiger partial charge in [0.05, 0.1) is 26.0 Å². The lowest BCUT2D eigenvalue weighted by Crippen LogP contribution is -2.36. The average molecular weight is 290 g/mol. The average Bonchev–Trinajstić information content (AvgIpc) is 2.53. The second-order valence-corrected chi connectivity index (χ2v) is 5.68. The summed E-state index contributed by atoms with van der Waals surface area (Å²) >= 11 is 0. The first-order valence-corrected chi connectivity index (χ1v) is 7.46. The van der Waals surface area contributed by atoms with Gasteiger partial charge in [-0.25, -0.2) is 4.99 Å². The standard InChI is InChI=1S/C16H22N2O3/c1-20-13-5-3-4-12-14(13)16(21-2)18-15(17-12)10-6-8-11(19)9-7-10/h3-5,10-11,15,17,19H,6-9H2,1-2H3. The van der Waals surface area contributed by atoms with Gasteiger partial charge in [0.2, 0.25) is 5.90 Å². The number of rotatable bonds is 2. The summed E-state index contributed by atoms with van der Waals surface area (Å²) in [5.41, 5.74) is 1.88. The summed E-state index contributed by atoms with van der Waals surface area (Å²) in [6, 6.07) is 5.90. The third-order valence-electron chi connectivity index (χ3n) is 4.40. The molecule has 2 aliphatic rings. The van der Waals surface area contributed by atoms with Crippen molar-refractivity contribution in [1.29, 1.82) is 0 Å². The lowest BCUT2D eigenvalue weighted by atomic mass is 9.85. The van der Waals surface area contributed by atoms with Gasteiger partial charge in [-0.2, -0.15) is 0 Å². The van der Waals surface area contributed by atoms with E-state index in [0.29, 0.717) is 11.8 Å². The van der Waals surface area contributed by atoms with E-state index in [9.17, 15) is 5.11 Å². The fourth-order valence-electron chi connectivity index (χ4n) is 3.22. The smallest absolute Gasteiger partial charge is 0.223 e. The summed E-state index contributed by atoms with van der Waals surface area (Å²) in [7, 11) is 3.29. The molecule has 2 N–H and O–H groups in total. The molecule has 1 heterocycles. The first kappa shape index (κ1) is 14.2. The second-order valence-electron chi connectivity index (χ2n) is 5.68. The molecule has 3 rings (SSSR count). The molecule has 0 spiro atoms. The molecule has 0 amide bonds. The minimum absolute atomic E-state index is 0.00653. The second kappa shape index (κ2) is 5.93. The van der Waals surface area contributed by atoms with E-state index >= 15 is 0 Å². The summed E-state index contributed by atoms with van der Waals surface area (Å²) in [4.78, 5) is 4.72. The van der Waals surface area contributed by atoms with Crippen LogP contribution in [0.15, 0.2) is 23.2 Å². The van der Waals surface area contributed by atoms with Gasteiger partial charge in [-0.15, -0.1) is 0 Å². The summed E-state index contributed by atoms with van der Waals surface area (Å²) < 4.78 is 10.9. The Labute approximate surface area is 125 Å². The Bertz CT molecular complexity index is 536. The summed E-state index contributed by atoms with van der Waals surface area (Å²) in [6.45, 7) is 0. The molecule has 1 aromatic carbocycles. The maximum atomic E-state index is 9.65. The number of methoxy groups -OCH3 is 2. The van der Waals surface area contributed by atoms with Crippen LogP contribution >= 0.6 is 0 Å². The Morgan fingerprint density at radius 3 is 2.57 bits per heavy atom. The van der Waals surface area contributed by atoms with Crippen molar-refractivity contribution >= 4 is 11.6 Å². The van der Waals surface area contributed by atoms with Gasteiger partial charge in [0.1, 0.15) is 17.5 Å². The Kier molecular flexibility index (Phi) is 4.01. The van der Waals surface area contributed by atoms with Gasteiger partial charge in [0, 0.05) is 0 Å². The molecule has 0 aromatic heterocycles. The van der Waals surface area contributed by atoms with Gasteiger partial charge >= 0.3 is 0 Å². The molecule has 1 fully saturated rings. The van der Waals surface area contributed by atoms with Crippen molar-refractivity contribution in [3.05, 3.63) is 23.8 Å². The van der Waals surface area contributed by atoms with Crippen LogP contribution in [0.3, 0.4) is 0 Å². The van der Waals surface area contributed by atoms with Crippen LogP contribution in [0.2, 0.25) is 0 Å². The Hall–Kier alpha value is -1.75. The van der Waals surface area contributed by atoms with Gasteiger partial charge in [0.25, 0.3) is 0 Å². The highest BCUT2D eigenvalue weighted by molar-refractivity contribution is 6.03. The summed E-state index contributed by atoms with van der Waals surface area (Å²) in [5, 5.41) is 13.1. The predicted octanol–water partition coefficient (Wildman–Crippen LogP) is 2.39. The fourth-order valence-corrected chi connectivity index (χ4v) is 3.22. The zero-order chi connectivity index (χ0) is 14.8. The predicted molar refractivity (Wildman–Crippen MR) is 81.9 cm³/mol. The number of nitrogens with one attached hydrogen (secondary N) is 1. The number of fused-ring (bicyclic) bond motifs is 1. The van der Waals surface area contributed by atoms with Crippen LogP contribution < -0.4 is 10.1 Å². The van der Waals surface area contributed by atoms with Crippen molar-refractivity contribution in [1.82, 2.24) is 0 Å². The van der Waals surface area contributed by atoms with Crippen LogP contribution in [0.4, 0.5) is 5.69 Å². The van der Waals surface area contributed by atoms with Crippen molar-refractivity contribution in [3.63, 3.8) is 0 Å².